The van der Waals surface area contributed by atoms with Crippen molar-refractivity contribution in [1.29, 1.82) is 0 Å². The molecular weight excluding hydrogens is 244 g/mol. The van der Waals surface area contributed by atoms with Crippen molar-refractivity contribution in [1.82, 2.24) is 14.7 Å². The van der Waals surface area contributed by atoms with Crippen LogP contribution in [-0.4, -0.2) is 32.9 Å². The van der Waals surface area contributed by atoms with E-state index in [1.165, 1.54) is 0 Å². The molecule has 1 aromatic heterocycles. The molecule has 0 aliphatic carbocycles. The third-order valence-electron chi connectivity index (χ3n) is 3.17. The summed E-state index contributed by atoms with van der Waals surface area (Å²) >= 11 is 0. The molecule has 0 aromatic carbocycles. The Hall–Kier alpha value is -1.56. The van der Waals surface area contributed by atoms with Gasteiger partial charge in [-0.05, 0) is 20.8 Å². The van der Waals surface area contributed by atoms with Crippen LogP contribution in [0.2, 0.25) is 0 Å². The summed E-state index contributed by atoms with van der Waals surface area (Å²) in [6, 6.07) is 0. The molecule has 2 rings (SSSR count). The van der Waals surface area contributed by atoms with Crippen LogP contribution in [0.25, 0.3) is 0 Å². The summed E-state index contributed by atoms with van der Waals surface area (Å²) in [7, 11) is 1.89. The van der Waals surface area contributed by atoms with E-state index in [1.807, 2.05) is 32.5 Å². The molecule has 106 valence electrons. The molecule has 1 aromatic rings. The third-order valence-corrected chi connectivity index (χ3v) is 3.17. The van der Waals surface area contributed by atoms with E-state index in [-0.39, 0.29) is 6.09 Å². The summed E-state index contributed by atoms with van der Waals surface area (Å²) in [6.45, 7) is 7.22. The number of hydrogen-bond acceptors (Lipinski definition) is 4. The maximum absolute atomic E-state index is 12.1. The molecule has 6 heteroatoms. The van der Waals surface area contributed by atoms with Crippen LogP contribution >= 0.6 is 0 Å². The number of aryl methyl sites for hydroxylation is 1. The van der Waals surface area contributed by atoms with E-state index in [4.69, 9.17) is 10.5 Å². The van der Waals surface area contributed by atoms with Crippen LogP contribution in [0.4, 0.5) is 4.79 Å². The van der Waals surface area contributed by atoms with E-state index in [0.717, 1.165) is 23.4 Å². The van der Waals surface area contributed by atoms with Gasteiger partial charge < -0.3 is 15.4 Å². The molecule has 0 spiro atoms. The van der Waals surface area contributed by atoms with Crippen molar-refractivity contribution < 1.29 is 9.53 Å². The second-order valence-corrected chi connectivity index (χ2v) is 5.85. The van der Waals surface area contributed by atoms with E-state index in [1.54, 1.807) is 4.90 Å². The smallest absolute Gasteiger partial charge is 0.410 e. The van der Waals surface area contributed by atoms with Crippen LogP contribution in [0.3, 0.4) is 0 Å². The Morgan fingerprint density at radius 3 is 2.74 bits per heavy atom. The van der Waals surface area contributed by atoms with Crippen molar-refractivity contribution in [3.63, 3.8) is 0 Å². The summed E-state index contributed by atoms with van der Waals surface area (Å²) in [4.78, 5) is 13.8. The van der Waals surface area contributed by atoms with Gasteiger partial charge in [-0.15, -0.1) is 0 Å². The van der Waals surface area contributed by atoms with E-state index < -0.39 is 5.60 Å². The van der Waals surface area contributed by atoms with Crippen LogP contribution < -0.4 is 5.73 Å². The van der Waals surface area contributed by atoms with Gasteiger partial charge in [0.1, 0.15) is 5.60 Å². The lowest BCUT2D eigenvalue weighted by molar-refractivity contribution is 0.0223. The average Bonchev–Trinajstić information content (AvgIpc) is 2.60. The van der Waals surface area contributed by atoms with E-state index in [0.29, 0.717) is 19.6 Å². The molecule has 6 nitrogen and oxygen atoms in total. The Bertz CT molecular complexity index is 488. The minimum absolute atomic E-state index is 0.273. The molecule has 0 radical (unpaired) electrons. The molecule has 0 atom stereocenters. The van der Waals surface area contributed by atoms with Crippen LogP contribution in [0.1, 0.15) is 37.7 Å². The first-order chi connectivity index (χ1) is 8.81. The Balaban J connectivity index is 2.15. The lowest BCUT2D eigenvalue weighted by atomic mass is 10.1. The highest BCUT2D eigenvalue weighted by atomic mass is 16.6. The van der Waals surface area contributed by atoms with Gasteiger partial charge >= 0.3 is 6.09 Å². The number of rotatable bonds is 1. The maximum atomic E-state index is 12.1. The highest BCUT2D eigenvalue weighted by Gasteiger charge is 2.28. The van der Waals surface area contributed by atoms with Gasteiger partial charge in [-0.1, -0.05) is 0 Å². The van der Waals surface area contributed by atoms with E-state index in [2.05, 4.69) is 5.10 Å². The number of carbonyl (C=O) groups excluding carboxylic acids is 1. The van der Waals surface area contributed by atoms with Gasteiger partial charge in [-0.3, -0.25) is 4.68 Å². The topological polar surface area (TPSA) is 73.4 Å². The summed E-state index contributed by atoms with van der Waals surface area (Å²) in [6.07, 6.45) is 0.479. The lowest BCUT2D eigenvalue weighted by Crippen LogP contribution is -2.40. The van der Waals surface area contributed by atoms with Gasteiger partial charge in [0, 0.05) is 32.1 Å². The van der Waals surface area contributed by atoms with Crippen LogP contribution in [0, 0.1) is 0 Å². The molecule has 1 amide bonds. The SMILES string of the molecule is Cn1nc2c(c1CN)CN(C(=O)OC(C)(C)C)CC2. The molecule has 1 aliphatic rings. The first-order valence-electron chi connectivity index (χ1n) is 6.53. The van der Waals surface area contributed by atoms with E-state index >= 15 is 0 Å². The first kappa shape index (κ1) is 13.9. The van der Waals surface area contributed by atoms with Crippen molar-refractivity contribution in [3.05, 3.63) is 17.0 Å². The summed E-state index contributed by atoms with van der Waals surface area (Å²) in [5.41, 5.74) is 8.38. The molecule has 19 heavy (non-hydrogen) atoms. The van der Waals surface area contributed by atoms with Crippen molar-refractivity contribution in [2.75, 3.05) is 6.54 Å². The van der Waals surface area contributed by atoms with Crippen molar-refractivity contribution in [3.8, 4) is 0 Å². The van der Waals surface area contributed by atoms with Crippen molar-refractivity contribution in [2.45, 2.75) is 45.9 Å². The fourth-order valence-corrected chi connectivity index (χ4v) is 2.30. The van der Waals surface area contributed by atoms with Gasteiger partial charge in [0.05, 0.1) is 17.9 Å². The van der Waals surface area contributed by atoms with E-state index in [9.17, 15) is 4.79 Å². The second kappa shape index (κ2) is 4.85. The van der Waals surface area contributed by atoms with Gasteiger partial charge in [0.25, 0.3) is 0 Å². The van der Waals surface area contributed by atoms with Gasteiger partial charge in [0.2, 0.25) is 0 Å². The number of amides is 1. The first-order valence-corrected chi connectivity index (χ1v) is 6.53. The van der Waals surface area contributed by atoms with Crippen LogP contribution in [0.5, 0.6) is 0 Å². The highest BCUT2D eigenvalue weighted by Crippen LogP contribution is 2.23. The molecule has 0 fully saturated rings. The quantitative estimate of drug-likeness (QED) is 0.828. The lowest BCUT2D eigenvalue weighted by Gasteiger charge is -2.29. The van der Waals surface area contributed by atoms with Crippen molar-refractivity contribution >= 4 is 6.09 Å². The predicted molar refractivity (Wildman–Crippen MR) is 71.4 cm³/mol. The van der Waals surface area contributed by atoms with Crippen molar-refractivity contribution in [2.24, 2.45) is 12.8 Å². The molecule has 0 bridgehead atoms. The zero-order valence-electron chi connectivity index (χ0n) is 12.1. The molecule has 0 unspecified atom stereocenters. The minimum Gasteiger partial charge on any atom is -0.444 e. The zero-order valence-corrected chi connectivity index (χ0v) is 12.1. The Labute approximate surface area is 113 Å². The molecule has 0 saturated heterocycles. The number of hydrogen-bond donors (Lipinski definition) is 1. The molecular formula is C13H22N4O2. The minimum atomic E-state index is -0.469. The Morgan fingerprint density at radius 2 is 2.16 bits per heavy atom. The zero-order chi connectivity index (χ0) is 14.2. The maximum Gasteiger partial charge on any atom is 0.410 e. The average molecular weight is 266 g/mol. The van der Waals surface area contributed by atoms with Gasteiger partial charge in [-0.25, -0.2) is 4.79 Å². The number of nitrogens with zero attached hydrogens (tertiary/aromatic N) is 3. The number of carbonyl (C=O) groups is 1. The Kier molecular flexibility index (Phi) is 3.54. The number of ether oxygens (including phenoxy) is 1. The monoisotopic (exact) mass is 266 g/mol. The van der Waals surface area contributed by atoms with Crippen LogP contribution in [-0.2, 0) is 31.3 Å². The van der Waals surface area contributed by atoms with Gasteiger partial charge in [-0.2, -0.15) is 5.10 Å². The summed E-state index contributed by atoms with van der Waals surface area (Å²) in [5, 5.41) is 4.45. The van der Waals surface area contributed by atoms with Crippen LogP contribution in [0.15, 0.2) is 0 Å². The highest BCUT2D eigenvalue weighted by molar-refractivity contribution is 5.68. The fraction of sp³-hybridized carbons (Fsp3) is 0.692. The number of fused-ring (bicyclic) bond motifs is 1. The number of nitrogens with two attached hydrogens (primary N) is 1. The fourth-order valence-electron chi connectivity index (χ4n) is 2.30. The Morgan fingerprint density at radius 1 is 1.47 bits per heavy atom. The predicted octanol–water partition coefficient (Wildman–Crippen LogP) is 1.17. The third kappa shape index (κ3) is 2.89. The summed E-state index contributed by atoms with van der Waals surface area (Å²) in [5.74, 6) is 0. The molecule has 0 saturated carbocycles. The number of aromatic nitrogens is 2. The summed E-state index contributed by atoms with van der Waals surface area (Å²) < 4.78 is 7.21. The second-order valence-electron chi connectivity index (χ2n) is 5.85. The molecule has 1 aliphatic heterocycles. The van der Waals surface area contributed by atoms with Gasteiger partial charge in [0.15, 0.2) is 0 Å². The largest absolute Gasteiger partial charge is 0.444 e. The normalized spacial score (nSPS) is 15.3. The standard InChI is InChI=1S/C13H22N4O2/c1-13(2,3)19-12(18)17-6-5-10-9(8-17)11(7-14)16(4)15-10/h5-8,14H2,1-4H3. The molecule has 2 heterocycles. The molecule has 2 N–H and O–H groups in total.